The van der Waals surface area contributed by atoms with Crippen LogP contribution in [0.1, 0.15) is 52.4 Å². The largest absolute Gasteiger partial charge is 0.361 e. The number of carbonyl (C=O) groups excluding carboxylic acids is 1. The summed E-state index contributed by atoms with van der Waals surface area (Å²) in [5.41, 5.74) is 0.856. The molecule has 3 aliphatic heterocycles. The minimum atomic E-state index is -0.194. The van der Waals surface area contributed by atoms with Gasteiger partial charge < -0.3 is 9.80 Å². The van der Waals surface area contributed by atoms with Crippen molar-refractivity contribution in [2.75, 3.05) is 31.1 Å². The van der Waals surface area contributed by atoms with Gasteiger partial charge in [-0.3, -0.25) is 9.69 Å². The summed E-state index contributed by atoms with van der Waals surface area (Å²) in [6.45, 7) is 7.97. The molecule has 4 nitrogen and oxygen atoms in total. The van der Waals surface area contributed by atoms with E-state index in [0.29, 0.717) is 6.54 Å². The van der Waals surface area contributed by atoms with Crippen LogP contribution in [0.3, 0.4) is 0 Å². The highest BCUT2D eigenvalue weighted by Crippen LogP contribution is 2.43. The van der Waals surface area contributed by atoms with Gasteiger partial charge in [0.2, 0.25) is 5.91 Å². The lowest BCUT2D eigenvalue weighted by molar-refractivity contribution is -0.136. The van der Waals surface area contributed by atoms with Gasteiger partial charge in [-0.15, -0.1) is 0 Å². The van der Waals surface area contributed by atoms with Crippen LogP contribution in [0.25, 0.3) is 0 Å². The van der Waals surface area contributed by atoms with Crippen molar-refractivity contribution < 1.29 is 9.18 Å². The highest BCUT2D eigenvalue weighted by Gasteiger charge is 2.50. The Hall–Kier alpha value is -1.62. The summed E-state index contributed by atoms with van der Waals surface area (Å²) >= 11 is 0. The van der Waals surface area contributed by atoms with Crippen LogP contribution in [-0.4, -0.2) is 59.5 Å². The molecule has 2 atom stereocenters. The Morgan fingerprint density at radius 3 is 2.63 bits per heavy atom. The highest BCUT2D eigenvalue weighted by molar-refractivity contribution is 5.79. The summed E-state index contributed by atoms with van der Waals surface area (Å²) in [6, 6.07) is 7.44. The fourth-order valence-electron chi connectivity index (χ4n) is 5.52. The van der Waals surface area contributed by atoms with Gasteiger partial charge in [0, 0.05) is 17.8 Å². The first-order valence-electron chi connectivity index (χ1n) is 10.5. The van der Waals surface area contributed by atoms with E-state index in [-0.39, 0.29) is 29.3 Å². The standard InChI is InChI=1S/C22H32FN3O/c1-22(2)15-20-19(26(22)18-9-6-8-17(23)14-18)10-7-13-25(20)21(27)16-24-11-4-3-5-12-24/h6,8-9,14,19-20H,3-5,7,10-13,15-16H2,1-2H3/t19-,20-/m0/s1. The van der Waals surface area contributed by atoms with Gasteiger partial charge in [-0.1, -0.05) is 12.5 Å². The van der Waals surface area contributed by atoms with E-state index in [1.165, 1.54) is 25.3 Å². The zero-order chi connectivity index (χ0) is 19.0. The summed E-state index contributed by atoms with van der Waals surface area (Å²) < 4.78 is 13.9. The lowest BCUT2D eigenvalue weighted by atomic mass is 9.94. The molecule has 3 fully saturated rings. The Kier molecular flexibility index (Phi) is 5.15. The molecule has 0 spiro atoms. The molecule has 3 saturated heterocycles. The molecule has 3 heterocycles. The number of anilines is 1. The number of likely N-dealkylation sites (tertiary alicyclic amines) is 2. The van der Waals surface area contributed by atoms with Crippen molar-refractivity contribution in [1.82, 2.24) is 9.80 Å². The molecule has 148 valence electrons. The molecule has 3 aliphatic rings. The van der Waals surface area contributed by atoms with E-state index in [0.717, 1.165) is 44.6 Å². The fourth-order valence-corrected chi connectivity index (χ4v) is 5.52. The maximum absolute atomic E-state index is 13.9. The number of benzene rings is 1. The van der Waals surface area contributed by atoms with Crippen LogP contribution in [0.4, 0.5) is 10.1 Å². The minimum absolute atomic E-state index is 0.0862. The monoisotopic (exact) mass is 373 g/mol. The first-order valence-corrected chi connectivity index (χ1v) is 10.5. The van der Waals surface area contributed by atoms with E-state index in [4.69, 9.17) is 0 Å². The van der Waals surface area contributed by atoms with Crippen LogP contribution >= 0.6 is 0 Å². The molecule has 27 heavy (non-hydrogen) atoms. The first kappa shape index (κ1) is 18.7. The molecule has 0 radical (unpaired) electrons. The van der Waals surface area contributed by atoms with Crippen molar-refractivity contribution in [3.63, 3.8) is 0 Å². The van der Waals surface area contributed by atoms with E-state index in [2.05, 4.69) is 28.5 Å². The van der Waals surface area contributed by atoms with Crippen molar-refractivity contribution in [3.8, 4) is 0 Å². The maximum atomic E-state index is 13.9. The molecule has 0 saturated carbocycles. The zero-order valence-corrected chi connectivity index (χ0v) is 16.7. The van der Waals surface area contributed by atoms with Gasteiger partial charge in [0.25, 0.3) is 0 Å². The van der Waals surface area contributed by atoms with Gasteiger partial charge in [-0.25, -0.2) is 4.39 Å². The molecule has 1 aromatic rings. The number of nitrogens with zero attached hydrogens (tertiary/aromatic N) is 3. The Morgan fingerprint density at radius 1 is 1.11 bits per heavy atom. The van der Waals surface area contributed by atoms with Gasteiger partial charge in [0.1, 0.15) is 5.82 Å². The average molecular weight is 374 g/mol. The molecule has 0 unspecified atom stereocenters. The summed E-state index contributed by atoms with van der Waals surface area (Å²) in [5, 5.41) is 0. The second-order valence-electron chi connectivity index (χ2n) is 9.07. The van der Waals surface area contributed by atoms with Crippen LogP contribution in [0, 0.1) is 5.82 Å². The summed E-state index contributed by atoms with van der Waals surface area (Å²) in [5.74, 6) is 0.0871. The normalized spacial score (nSPS) is 28.3. The maximum Gasteiger partial charge on any atom is 0.237 e. The Morgan fingerprint density at radius 2 is 1.89 bits per heavy atom. The Bertz CT molecular complexity index is 686. The number of hydrogen-bond donors (Lipinski definition) is 0. The topological polar surface area (TPSA) is 26.8 Å². The molecule has 1 amide bonds. The molecule has 5 heteroatoms. The summed E-state index contributed by atoms with van der Waals surface area (Å²) in [7, 11) is 0. The number of carbonyl (C=O) groups is 1. The molecular formula is C22H32FN3O. The van der Waals surface area contributed by atoms with E-state index in [1.54, 1.807) is 12.1 Å². The van der Waals surface area contributed by atoms with Crippen molar-refractivity contribution in [1.29, 1.82) is 0 Å². The fraction of sp³-hybridized carbons (Fsp3) is 0.682. The van der Waals surface area contributed by atoms with Gasteiger partial charge >= 0.3 is 0 Å². The van der Waals surface area contributed by atoms with E-state index in [1.807, 2.05) is 6.07 Å². The SMILES string of the molecule is CC1(C)C[C@H]2[C@H](CCCN2C(=O)CN2CCCCC2)N1c1cccc(F)c1. The molecule has 0 bridgehead atoms. The molecule has 4 rings (SSSR count). The Labute approximate surface area is 162 Å². The number of rotatable bonds is 3. The van der Waals surface area contributed by atoms with Gasteiger partial charge in [-0.2, -0.15) is 0 Å². The van der Waals surface area contributed by atoms with Gasteiger partial charge in [-0.05, 0) is 77.2 Å². The van der Waals surface area contributed by atoms with Crippen molar-refractivity contribution >= 4 is 11.6 Å². The van der Waals surface area contributed by atoms with Crippen molar-refractivity contribution in [3.05, 3.63) is 30.1 Å². The van der Waals surface area contributed by atoms with Gasteiger partial charge in [0.15, 0.2) is 0 Å². The van der Waals surface area contributed by atoms with Crippen LogP contribution in [0.5, 0.6) is 0 Å². The molecule has 0 aliphatic carbocycles. The van der Waals surface area contributed by atoms with Crippen LogP contribution in [0.2, 0.25) is 0 Å². The average Bonchev–Trinajstić information content (AvgIpc) is 2.92. The predicted molar refractivity (Wildman–Crippen MR) is 106 cm³/mol. The van der Waals surface area contributed by atoms with Crippen LogP contribution in [-0.2, 0) is 4.79 Å². The first-order chi connectivity index (χ1) is 13.0. The van der Waals surface area contributed by atoms with E-state index in [9.17, 15) is 9.18 Å². The molecule has 0 aromatic heterocycles. The third-order valence-corrected chi connectivity index (χ3v) is 6.65. The van der Waals surface area contributed by atoms with E-state index >= 15 is 0 Å². The molecule has 1 aromatic carbocycles. The lowest BCUT2D eigenvalue weighted by Crippen LogP contribution is -2.55. The third-order valence-electron chi connectivity index (χ3n) is 6.65. The van der Waals surface area contributed by atoms with Crippen LogP contribution in [0.15, 0.2) is 24.3 Å². The molecular weight excluding hydrogens is 341 g/mol. The Balaban J connectivity index is 1.54. The van der Waals surface area contributed by atoms with Crippen molar-refractivity contribution in [2.45, 2.75) is 70.0 Å². The second-order valence-corrected chi connectivity index (χ2v) is 9.07. The van der Waals surface area contributed by atoms with Crippen molar-refractivity contribution in [2.24, 2.45) is 0 Å². The predicted octanol–water partition coefficient (Wildman–Crippen LogP) is 3.66. The number of amides is 1. The number of fused-ring (bicyclic) bond motifs is 1. The van der Waals surface area contributed by atoms with Crippen LogP contribution < -0.4 is 4.90 Å². The quantitative estimate of drug-likeness (QED) is 0.809. The highest BCUT2D eigenvalue weighted by atomic mass is 19.1. The van der Waals surface area contributed by atoms with Gasteiger partial charge in [0.05, 0.1) is 18.6 Å². The zero-order valence-electron chi connectivity index (χ0n) is 16.7. The number of hydrogen-bond acceptors (Lipinski definition) is 3. The summed E-state index contributed by atoms with van der Waals surface area (Å²) in [6.07, 6.45) is 6.74. The number of piperidine rings is 2. The smallest absolute Gasteiger partial charge is 0.237 e. The molecule has 0 N–H and O–H groups in total. The summed E-state index contributed by atoms with van der Waals surface area (Å²) in [4.78, 5) is 20.0. The lowest BCUT2D eigenvalue weighted by Gasteiger charge is -2.43. The minimum Gasteiger partial charge on any atom is -0.361 e. The number of halogens is 1. The second kappa shape index (κ2) is 7.42. The van der Waals surface area contributed by atoms with E-state index < -0.39 is 0 Å². The third kappa shape index (κ3) is 3.71.